The second kappa shape index (κ2) is 11.2. The van der Waals surface area contributed by atoms with Gasteiger partial charge in [0.25, 0.3) is 0 Å². The summed E-state index contributed by atoms with van der Waals surface area (Å²) < 4.78 is 14.2. The number of nitrogens with zero attached hydrogens (tertiary/aromatic N) is 4. The average molecular weight is 433 g/mol. The predicted octanol–water partition coefficient (Wildman–Crippen LogP) is 4.30. The Balaban J connectivity index is 0.000000255. The van der Waals surface area contributed by atoms with E-state index in [1.165, 1.54) is 12.1 Å². The van der Waals surface area contributed by atoms with Gasteiger partial charge in [-0.15, -0.1) is 0 Å². The number of nitrogens with two attached hydrogens (primary N) is 1. The molecule has 4 rings (SSSR count). The highest BCUT2D eigenvalue weighted by atomic mass is 19.1. The fraction of sp³-hybridized carbons (Fsp3) is 0.0833. The van der Waals surface area contributed by atoms with Crippen molar-refractivity contribution in [2.24, 2.45) is 5.73 Å². The van der Waals surface area contributed by atoms with Crippen LogP contribution in [0.25, 0.3) is 22.6 Å². The third kappa shape index (κ3) is 5.85. The number of imidazole rings is 1. The molecule has 8 heteroatoms. The maximum Gasteiger partial charge on any atom is 0.169 e. The Bertz CT molecular complexity index is 1180. The van der Waals surface area contributed by atoms with Gasteiger partial charge < -0.3 is 16.0 Å². The Kier molecular flexibility index (Phi) is 8.36. The molecular weight excluding hydrogens is 407 g/mol. The molecule has 2 aromatic carbocycles. The van der Waals surface area contributed by atoms with Gasteiger partial charge in [0.15, 0.2) is 11.9 Å². The van der Waals surface area contributed by atoms with E-state index in [9.17, 15) is 9.18 Å². The van der Waals surface area contributed by atoms with Gasteiger partial charge in [-0.05, 0) is 36.5 Å². The molecule has 7 nitrogen and oxygen atoms in total. The van der Waals surface area contributed by atoms with Crippen molar-refractivity contribution in [1.29, 1.82) is 5.41 Å². The fourth-order valence-electron chi connectivity index (χ4n) is 2.77. The number of benzene rings is 2. The third-order valence-corrected chi connectivity index (χ3v) is 4.43. The first-order chi connectivity index (χ1) is 15.4. The summed E-state index contributed by atoms with van der Waals surface area (Å²) in [6.07, 6.45) is 5.70. The molecule has 4 aromatic rings. The molecular formula is C24H25FN6O. The maximum atomic E-state index is 12.3. The maximum absolute atomic E-state index is 12.3. The van der Waals surface area contributed by atoms with Crippen LogP contribution < -0.4 is 10.6 Å². The van der Waals surface area contributed by atoms with E-state index >= 15 is 0 Å². The van der Waals surface area contributed by atoms with Crippen LogP contribution in [0.15, 0.2) is 73.7 Å². The van der Waals surface area contributed by atoms with Crippen molar-refractivity contribution < 1.29 is 9.18 Å². The number of aromatic nitrogens is 3. The summed E-state index contributed by atoms with van der Waals surface area (Å²) in [5.41, 5.74) is 11.0. The van der Waals surface area contributed by atoms with E-state index in [-0.39, 0.29) is 5.82 Å². The Morgan fingerprint density at radius 2 is 1.69 bits per heavy atom. The minimum absolute atomic E-state index is 0.189. The zero-order valence-corrected chi connectivity index (χ0v) is 18.0. The molecule has 0 atom stereocenters. The Labute approximate surface area is 186 Å². The standard InChI is InChI=1S/C15H12N4O.C8H10FN.CH3N/c1-10(16)11-2-4-12(5-3-11)14-6-18-15-7-17-13(9-20)8-19(14)15;1-10(2)8-5-3-7(9)4-6-8;1-2/h2-9H,1,16H2;3-6H,1-2H3;2H,1H2. The molecule has 0 radical (unpaired) electrons. The molecule has 164 valence electrons. The molecule has 0 aliphatic rings. The van der Waals surface area contributed by atoms with Crippen molar-refractivity contribution in [3.8, 4) is 11.3 Å². The lowest BCUT2D eigenvalue weighted by atomic mass is 10.1. The topological polar surface area (TPSA) is 100 Å². The Hall–Kier alpha value is -4.33. The molecule has 0 amide bonds. The summed E-state index contributed by atoms with van der Waals surface area (Å²) in [5.74, 6) is -0.189. The number of nitrogens with one attached hydrogen (secondary N) is 1. The first-order valence-electron chi connectivity index (χ1n) is 9.50. The molecule has 0 bridgehead atoms. The van der Waals surface area contributed by atoms with Gasteiger partial charge in [-0.1, -0.05) is 30.8 Å². The summed E-state index contributed by atoms with van der Waals surface area (Å²) in [4.78, 5) is 21.0. The van der Waals surface area contributed by atoms with Gasteiger partial charge in [0.2, 0.25) is 0 Å². The monoisotopic (exact) mass is 432 g/mol. The minimum Gasteiger partial charge on any atom is -0.399 e. The van der Waals surface area contributed by atoms with Crippen LogP contribution in [-0.4, -0.2) is 41.5 Å². The molecule has 0 aliphatic heterocycles. The van der Waals surface area contributed by atoms with Gasteiger partial charge in [-0.2, -0.15) is 0 Å². The van der Waals surface area contributed by atoms with Gasteiger partial charge >= 0.3 is 0 Å². The van der Waals surface area contributed by atoms with Gasteiger partial charge in [-0.3, -0.25) is 9.20 Å². The second-order valence-electron chi connectivity index (χ2n) is 6.78. The fourth-order valence-corrected chi connectivity index (χ4v) is 2.77. The van der Waals surface area contributed by atoms with Crippen LogP contribution in [0.4, 0.5) is 10.1 Å². The van der Waals surface area contributed by atoms with Crippen molar-refractivity contribution in [3.63, 3.8) is 0 Å². The number of anilines is 1. The lowest BCUT2D eigenvalue weighted by molar-refractivity contribution is 0.111. The van der Waals surface area contributed by atoms with Crippen molar-refractivity contribution >= 4 is 30.0 Å². The van der Waals surface area contributed by atoms with Crippen LogP contribution in [0.2, 0.25) is 0 Å². The van der Waals surface area contributed by atoms with Crippen LogP contribution in [-0.2, 0) is 0 Å². The number of hydrogen-bond donors (Lipinski definition) is 2. The minimum atomic E-state index is -0.189. The number of aldehydes is 1. The van der Waals surface area contributed by atoms with E-state index in [1.807, 2.05) is 47.7 Å². The summed E-state index contributed by atoms with van der Waals surface area (Å²) in [5, 5.41) is 5.50. The predicted molar refractivity (Wildman–Crippen MR) is 128 cm³/mol. The quantitative estimate of drug-likeness (QED) is 0.370. The molecule has 32 heavy (non-hydrogen) atoms. The molecule has 0 spiro atoms. The molecule has 0 aliphatic carbocycles. The highest BCUT2D eigenvalue weighted by Crippen LogP contribution is 2.22. The van der Waals surface area contributed by atoms with E-state index in [0.29, 0.717) is 23.3 Å². The molecule has 0 unspecified atom stereocenters. The van der Waals surface area contributed by atoms with E-state index in [1.54, 1.807) is 30.7 Å². The van der Waals surface area contributed by atoms with Crippen LogP contribution in [0.3, 0.4) is 0 Å². The van der Waals surface area contributed by atoms with Gasteiger partial charge in [0.1, 0.15) is 11.5 Å². The number of carbonyl (C=O) groups excluding carboxylic acids is 1. The lowest BCUT2D eigenvalue weighted by Gasteiger charge is -2.10. The number of carbonyl (C=O) groups is 1. The average Bonchev–Trinajstić information content (AvgIpc) is 3.24. The van der Waals surface area contributed by atoms with Crippen LogP contribution >= 0.6 is 0 Å². The van der Waals surface area contributed by atoms with Crippen molar-refractivity contribution in [1.82, 2.24) is 14.4 Å². The van der Waals surface area contributed by atoms with Crippen molar-refractivity contribution in [2.75, 3.05) is 19.0 Å². The first kappa shape index (κ1) is 23.9. The Morgan fingerprint density at radius 1 is 1.06 bits per heavy atom. The SMILES string of the molecule is C=C(N)c1ccc(-c2cnc3cnc(C=O)cn23)cc1.C=N.CN(C)c1ccc(F)cc1. The zero-order chi connectivity index (χ0) is 23.7. The van der Waals surface area contributed by atoms with E-state index in [2.05, 4.69) is 23.3 Å². The van der Waals surface area contributed by atoms with E-state index < -0.39 is 0 Å². The molecule has 2 heterocycles. The summed E-state index contributed by atoms with van der Waals surface area (Å²) in [6, 6.07) is 14.1. The lowest BCUT2D eigenvalue weighted by Crippen LogP contribution is -2.07. The van der Waals surface area contributed by atoms with E-state index in [0.717, 1.165) is 22.5 Å². The van der Waals surface area contributed by atoms with Crippen molar-refractivity contribution in [3.05, 3.63) is 90.8 Å². The smallest absolute Gasteiger partial charge is 0.169 e. The van der Waals surface area contributed by atoms with Gasteiger partial charge in [-0.25, -0.2) is 14.4 Å². The molecule has 2 aromatic heterocycles. The Morgan fingerprint density at radius 3 is 2.22 bits per heavy atom. The molecule has 0 saturated carbocycles. The second-order valence-corrected chi connectivity index (χ2v) is 6.78. The largest absolute Gasteiger partial charge is 0.399 e. The zero-order valence-electron chi connectivity index (χ0n) is 18.0. The number of halogens is 1. The van der Waals surface area contributed by atoms with Gasteiger partial charge in [0, 0.05) is 37.2 Å². The van der Waals surface area contributed by atoms with Crippen LogP contribution in [0.5, 0.6) is 0 Å². The number of hydrogen-bond acceptors (Lipinski definition) is 6. The summed E-state index contributed by atoms with van der Waals surface area (Å²) >= 11 is 0. The number of rotatable bonds is 4. The number of fused-ring (bicyclic) bond motifs is 1. The first-order valence-corrected chi connectivity index (χ1v) is 9.50. The third-order valence-electron chi connectivity index (χ3n) is 4.43. The van der Waals surface area contributed by atoms with Gasteiger partial charge in [0.05, 0.1) is 18.1 Å². The molecule has 0 saturated heterocycles. The highest BCUT2D eigenvalue weighted by Gasteiger charge is 2.07. The van der Waals surface area contributed by atoms with Crippen LogP contribution in [0, 0.1) is 11.2 Å². The summed E-state index contributed by atoms with van der Waals surface area (Å²) in [6.45, 7) is 6.20. The normalized spacial score (nSPS) is 9.72. The summed E-state index contributed by atoms with van der Waals surface area (Å²) in [7, 11) is 3.85. The molecule has 0 fully saturated rings. The van der Waals surface area contributed by atoms with Crippen LogP contribution in [0.1, 0.15) is 16.1 Å². The molecule has 3 N–H and O–H groups in total. The van der Waals surface area contributed by atoms with Crippen molar-refractivity contribution in [2.45, 2.75) is 0 Å². The van der Waals surface area contributed by atoms with E-state index in [4.69, 9.17) is 11.1 Å². The highest BCUT2D eigenvalue weighted by molar-refractivity contribution is 5.73.